The van der Waals surface area contributed by atoms with Gasteiger partial charge < -0.3 is 5.11 Å². The lowest BCUT2D eigenvalue weighted by molar-refractivity contribution is -0.0243. The Labute approximate surface area is 93.1 Å². The van der Waals surface area contributed by atoms with Gasteiger partial charge in [-0.3, -0.25) is 0 Å². The van der Waals surface area contributed by atoms with Crippen molar-refractivity contribution in [3.05, 3.63) is 35.4 Å². The van der Waals surface area contributed by atoms with E-state index in [4.69, 9.17) is 0 Å². The highest BCUT2D eigenvalue weighted by atomic mass is 19.1. The van der Waals surface area contributed by atoms with Crippen molar-refractivity contribution in [1.29, 1.82) is 0 Å². The molecule has 0 heterocycles. The first-order valence-corrected chi connectivity index (χ1v) is 5.78. The van der Waals surface area contributed by atoms with Crippen LogP contribution in [0.25, 0.3) is 0 Å². The fraction of sp³-hybridized carbons (Fsp3) is 0.538. The van der Waals surface area contributed by atoms with Crippen LogP contribution in [0.3, 0.4) is 0 Å². The second-order valence-electron chi connectivity index (χ2n) is 5.10. The largest absolute Gasteiger partial charge is 0.385 e. The van der Waals surface area contributed by atoms with Crippen molar-refractivity contribution >= 4 is 0 Å². The molecule has 1 aromatic carbocycles. The Bertz CT molecular complexity index is 412. The molecule has 1 nitrogen and oxygen atoms in total. The number of fused-ring (bicyclic) bond motifs is 2. The zero-order valence-corrected chi connectivity index (χ0v) is 8.92. The van der Waals surface area contributed by atoms with Crippen LogP contribution in [-0.4, -0.2) is 5.11 Å². The SMILES string of the molecule is OC1(c2c(F)cccc2F)CC2CCC1C2. The van der Waals surface area contributed by atoms with E-state index in [2.05, 4.69) is 0 Å². The zero-order valence-electron chi connectivity index (χ0n) is 8.92. The summed E-state index contributed by atoms with van der Waals surface area (Å²) in [6.07, 6.45) is 3.39. The number of hydrogen-bond acceptors (Lipinski definition) is 1. The third kappa shape index (κ3) is 1.24. The van der Waals surface area contributed by atoms with Gasteiger partial charge in [0.05, 0.1) is 11.2 Å². The van der Waals surface area contributed by atoms with Crippen molar-refractivity contribution in [3.8, 4) is 0 Å². The average molecular weight is 224 g/mol. The van der Waals surface area contributed by atoms with E-state index in [-0.39, 0.29) is 11.5 Å². The van der Waals surface area contributed by atoms with Crippen LogP contribution in [0.4, 0.5) is 8.78 Å². The van der Waals surface area contributed by atoms with Gasteiger partial charge >= 0.3 is 0 Å². The van der Waals surface area contributed by atoms with Gasteiger partial charge in [-0.2, -0.15) is 0 Å². The van der Waals surface area contributed by atoms with Gasteiger partial charge in [0, 0.05) is 0 Å². The molecule has 16 heavy (non-hydrogen) atoms. The zero-order chi connectivity index (χ0) is 11.3. The lowest BCUT2D eigenvalue weighted by atomic mass is 9.78. The average Bonchev–Trinajstić information content (AvgIpc) is 2.76. The maximum atomic E-state index is 13.7. The standard InChI is InChI=1S/C13H14F2O/c14-10-2-1-3-11(15)12(10)13(16)7-8-4-5-9(13)6-8/h1-3,8-9,16H,4-7H2. The molecule has 0 spiro atoms. The first-order chi connectivity index (χ1) is 7.61. The van der Waals surface area contributed by atoms with Crippen LogP contribution in [0.1, 0.15) is 31.2 Å². The quantitative estimate of drug-likeness (QED) is 0.777. The molecule has 2 aliphatic carbocycles. The molecule has 0 aliphatic heterocycles. The molecule has 3 rings (SSSR count). The van der Waals surface area contributed by atoms with Crippen LogP contribution in [0, 0.1) is 23.5 Å². The molecule has 3 heteroatoms. The minimum atomic E-state index is -1.27. The topological polar surface area (TPSA) is 20.2 Å². The molecule has 2 bridgehead atoms. The summed E-state index contributed by atoms with van der Waals surface area (Å²) in [7, 11) is 0. The Balaban J connectivity index is 2.10. The lowest BCUT2D eigenvalue weighted by Gasteiger charge is -2.33. The molecule has 0 amide bonds. The van der Waals surface area contributed by atoms with Gasteiger partial charge in [0.15, 0.2) is 0 Å². The normalized spacial score (nSPS) is 36.9. The summed E-state index contributed by atoms with van der Waals surface area (Å²) in [4.78, 5) is 0. The summed E-state index contributed by atoms with van der Waals surface area (Å²) in [5.41, 5.74) is -1.37. The van der Waals surface area contributed by atoms with Crippen LogP contribution in [0.2, 0.25) is 0 Å². The van der Waals surface area contributed by atoms with Gasteiger partial charge in [0.2, 0.25) is 0 Å². The van der Waals surface area contributed by atoms with Crippen molar-refractivity contribution in [2.45, 2.75) is 31.3 Å². The molecule has 2 fully saturated rings. The van der Waals surface area contributed by atoms with Gasteiger partial charge in [-0.25, -0.2) is 8.78 Å². The Morgan fingerprint density at radius 3 is 2.38 bits per heavy atom. The number of aliphatic hydroxyl groups is 1. The Kier molecular flexibility index (Phi) is 2.08. The number of halogens is 2. The van der Waals surface area contributed by atoms with Gasteiger partial charge in [-0.05, 0) is 49.7 Å². The van der Waals surface area contributed by atoms with E-state index in [1.54, 1.807) is 0 Å². The van der Waals surface area contributed by atoms with E-state index < -0.39 is 17.2 Å². The maximum Gasteiger partial charge on any atom is 0.132 e. The van der Waals surface area contributed by atoms with E-state index in [1.165, 1.54) is 18.2 Å². The fourth-order valence-electron chi connectivity index (χ4n) is 3.52. The van der Waals surface area contributed by atoms with Crippen LogP contribution >= 0.6 is 0 Å². The Hall–Kier alpha value is -0.960. The predicted octanol–water partition coefficient (Wildman–Crippen LogP) is 2.97. The lowest BCUT2D eigenvalue weighted by Crippen LogP contribution is -2.34. The van der Waals surface area contributed by atoms with Crippen LogP contribution in [0.5, 0.6) is 0 Å². The molecule has 86 valence electrons. The summed E-state index contributed by atoms with van der Waals surface area (Å²) in [6, 6.07) is 3.79. The molecule has 1 N–H and O–H groups in total. The fourth-order valence-corrected chi connectivity index (χ4v) is 3.52. The summed E-state index contributed by atoms with van der Waals surface area (Å²) in [6.45, 7) is 0. The molecular weight excluding hydrogens is 210 g/mol. The maximum absolute atomic E-state index is 13.7. The van der Waals surface area contributed by atoms with Crippen molar-refractivity contribution in [2.75, 3.05) is 0 Å². The number of hydrogen-bond donors (Lipinski definition) is 1. The van der Waals surface area contributed by atoms with Crippen molar-refractivity contribution < 1.29 is 13.9 Å². The van der Waals surface area contributed by atoms with E-state index in [0.717, 1.165) is 19.3 Å². The number of rotatable bonds is 1. The van der Waals surface area contributed by atoms with Gasteiger partial charge in [-0.1, -0.05) is 6.07 Å². The first kappa shape index (κ1) is 10.2. The molecular formula is C13H14F2O. The molecule has 0 saturated heterocycles. The second-order valence-corrected chi connectivity index (χ2v) is 5.10. The van der Waals surface area contributed by atoms with Crippen molar-refractivity contribution in [3.63, 3.8) is 0 Å². The summed E-state index contributed by atoms with van der Waals surface area (Å²) >= 11 is 0. The molecule has 0 radical (unpaired) electrons. The van der Waals surface area contributed by atoms with Crippen LogP contribution in [0.15, 0.2) is 18.2 Å². The smallest absolute Gasteiger partial charge is 0.132 e. The van der Waals surface area contributed by atoms with Crippen LogP contribution < -0.4 is 0 Å². The van der Waals surface area contributed by atoms with Crippen molar-refractivity contribution in [2.24, 2.45) is 11.8 Å². The molecule has 0 aromatic heterocycles. The highest BCUT2D eigenvalue weighted by Gasteiger charge is 2.52. The molecule has 1 aromatic rings. The third-order valence-electron chi connectivity index (χ3n) is 4.21. The van der Waals surface area contributed by atoms with E-state index in [1.807, 2.05) is 0 Å². The number of benzene rings is 1. The summed E-state index contributed by atoms with van der Waals surface area (Å²) in [5, 5.41) is 10.5. The second kappa shape index (κ2) is 3.27. The van der Waals surface area contributed by atoms with E-state index >= 15 is 0 Å². The van der Waals surface area contributed by atoms with E-state index in [0.29, 0.717) is 12.3 Å². The highest BCUT2D eigenvalue weighted by Crippen LogP contribution is 2.56. The summed E-state index contributed by atoms with van der Waals surface area (Å²) in [5.74, 6) is -0.761. The van der Waals surface area contributed by atoms with Gasteiger partial charge in [-0.15, -0.1) is 0 Å². The minimum Gasteiger partial charge on any atom is -0.385 e. The van der Waals surface area contributed by atoms with Gasteiger partial charge in [0.1, 0.15) is 11.6 Å². The molecule has 2 saturated carbocycles. The minimum absolute atomic E-state index is 0.0314. The molecule has 2 aliphatic rings. The Morgan fingerprint density at radius 1 is 1.19 bits per heavy atom. The highest BCUT2D eigenvalue weighted by molar-refractivity contribution is 5.29. The first-order valence-electron chi connectivity index (χ1n) is 5.78. The monoisotopic (exact) mass is 224 g/mol. The van der Waals surface area contributed by atoms with Crippen LogP contribution in [-0.2, 0) is 5.60 Å². The Morgan fingerprint density at radius 2 is 1.88 bits per heavy atom. The molecule has 3 unspecified atom stereocenters. The summed E-state index contributed by atoms with van der Waals surface area (Å²) < 4.78 is 27.3. The molecule has 3 atom stereocenters. The third-order valence-corrected chi connectivity index (χ3v) is 4.21. The van der Waals surface area contributed by atoms with Gasteiger partial charge in [0.25, 0.3) is 0 Å². The van der Waals surface area contributed by atoms with E-state index in [9.17, 15) is 13.9 Å². The van der Waals surface area contributed by atoms with Crippen molar-refractivity contribution in [1.82, 2.24) is 0 Å². The predicted molar refractivity (Wildman–Crippen MR) is 55.7 cm³/mol.